The van der Waals surface area contributed by atoms with Gasteiger partial charge in [0.25, 0.3) is 0 Å². The highest BCUT2D eigenvalue weighted by Gasteiger charge is 2.24. The van der Waals surface area contributed by atoms with E-state index in [0.717, 1.165) is 29.8 Å². The lowest BCUT2D eigenvalue weighted by molar-refractivity contribution is -0.132. The lowest BCUT2D eigenvalue weighted by Crippen LogP contribution is -2.50. The highest BCUT2D eigenvalue weighted by atomic mass is 19.1. The van der Waals surface area contributed by atoms with Gasteiger partial charge in [-0.05, 0) is 49.6 Å². The van der Waals surface area contributed by atoms with Crippen LogP contribution in [-0.2, 0) is 22.5 Å². The number of hydrogen-bond acceptors (Lipinski definition) is 7. The minimum atomic E-state index is -0.247. The number of aryl methyl sites for hydroxylation is 2. The third kappa shape index (κ3) is 5.94. The number of benzene rings is 1. The Morgan fingerprint density at radius 2 is 1.83 bits per heavy atom. The fourth-order valence-corrected chi connectivity index (χ4v) is 4.10. The van der Waals surface area contributed by atoms with Crippen LogP contribution in [0.2, 0.25) is 0 Å². The average Bonchev–Trinajstić information content (AvgIpc) is 3.28. The van der Waals surface area contributed by atoms with E-state index in [1.54, 1.807) is 50.4 Å². The van der Waals surface area contributed by atoms with Gasteiger partial charge in [-0.15, -0.1) is 0 Å². The highest BCUT2D eigenvalue weighted by Crippen LogP contribution is 2.23. The van der Waals surface area contributed by atoms with Crippen molar-refractivity contribution in [2.45, 2.75) is 26.3 Å². The number of methoxy groups -OCH3 is 2. The van der Waals surface area contributed by atoms with Crippen molar-refractivity contribution in [3.05, 3.63) is 53.7 Å². The van der Waals surface area contributed by atoms with Gasteiger partial charge in [-0.25, -0.2) is 14.4 Å². The Morgan fingerprint density at radius 3 is 2.49 bits per heavy atom. The average molecular weight is 483 g/mol. The predicted octanol–water partition coefficient (Wildman–Crippen LogP) is 2.72. The van der Waals surface area contributed by atoms with Gasteiger partial charge in [0.2, 0.25) is 11.9 Å². The number of rotatable bonds is 9. The summed E-state index contributed by atoms with van der Waals surface area (Å²) in [7, 11) is 3.25. The van der Waals surface area contributed by atoms with E-state index < -0.39 is 0 Å². The Kier molecular flexibility index (Phi) is 7.91. The predicted molar refractivity (Wildman–Crippen MR) is 130 cm³/mol. The maximum atomic E-state index is 13.7. The maximum absolute atomic E-state index is 13.7. The largest absolute Gasteiger partial charge is 0.494 e. The van der Waals surface area contributed by atoms with Crippen molar-refractivity contribution >= 4 is 11.9 Å². The molecule has 0 bridgehead atoms. The molecule has 1 saturated heterocycles. The van der Waals surface area contributed by atoms with Gasteiger partial charge < -0.3 is 19.3 Å². The quantitative estimate of drug-likeness (QED) is 0.434. The lowest BCUT2D eigenvalue weighted by Gasteiger charge is -2.34. The number of hydrogen-bond donors (Lipinski definition) is 0. The summed E-state index contributed by atoms with van der Waals surface area (Å²) in [5.41, 5.74) is 3.08. The van der Waals surface area contributed by atoms with E-state index in [9.17, 15) is 9.18 Å². The van der Waals surface area contributed by atoms with Crippen molar-refractivity contribution < 1.29 is 18.7 Å². The van der Waals surface area contributed by atoms with E-state index in [1.165, 1.54) is 6.07 Å². The van der Waals surface area contributed by atoms with Gasteiger partial charge in [-0.3, -0.25) is 9.48 Å². The van der Waals surface area contributed by atoms with Crippen LogP contribution >= 0.6 is 0 Å². The van der Waals surface area contributed by atoms with Crippen molar-refractivity contribution in [3.63, 3.8) is 0 Å². The number of ether oxygens (including phenoxy) is 2. The molecule has 35 heavy (non-hydrogen) atoms. The standard InChI is InChI=1S/C25H31FN6O3/c1-18-13-19(6-7-22(18)26)23-14-20(5-4-12-34-2)32(29-23)17-24(33)30-8-10-31(11-9-30)25-27-15-21(35-3)16-28-25/h6-7,13-16H,4-5,8-12,17H2,1-3H3. The zero-order chi connectivity index (χ0) is 24.8. The fourth-order valence-electron chi connectivity index (χ4n) is 4.10. The molecule has 1 amide bonds. The third-order valence-electron chi connectivity index (χ3n) is 6.15. The third-order valence-corrected chi connectivity index (χ3v) is 6.15. The molecule has 1 aliphatic rings. The topological polar surface area (TPSA) is 85.6 Å². The molecule has 0 atom stereocenters. The monoisotopic (exact) mass is 482 g/mol. The van der Waals surface area contributed by atoms with Crippen LogP contribution in [0.3, 0.4) is 0 Å². The van der Waals surface area contributed by atoms with Crippen LogP contribution in [0.25, 0.3) is 11.3 Å². The van der Waals surface area contributed by atoms with Gasteiger partial charge in [-0.2, -0.15) is 5.10 Å². The smallest absolute Gasteiger partial charge is 0.244 e. The van der Waals surface area contributed by atoms with E-state index in [4.69, 9.17) is 14.6 Å². The Bertz CT molecular complexity index is 1140. The molecule has 0 N–H and O–H groups in total. The van der Waals surface area contributed by atoms with Gasteiger partial charge >= 0.3 is 0 Å². The van der Waals surface area contributed by atoms with Crippen molar-refractivity contribution in [2.75, 3.05) is 51.9 Å². The molecular weight excluding hydrogens is 451 g/mol. The Labute approximate surface area is 204 Å². The molecule has 3 heterocycles. The van der Waals surface area contributed by atoms with Crippen LogP contribution < -0.4 is 9.64 Å². The Hall–Kier alpha value is -3.53. The number of piperazine rings is 1. The number of amides is 1. The van der Waals surface area contributed by atoms with E-state index in [1.807, 2.05) is 11.0 Å². The second-order valence-electron chi connectivity index (χ2n) is 8.53. The van der Waals surface area contributed by atoms with Gasteiger partial charge in [0.05, 0.1) is 25.2 Å². The zero-order valence-corrected chi connectivity index (χ0v) is 20.4. The first-order chi connectivity index (χ1) is 17.0. The van der Waals surface area contributed by atoms with E-state index >= 15 is 0 Å². The van der Waals surface area contributed by atoms with E-state index in [-0.39, 0.29) is 18.3 Å². The van der Waals surface area contributed by atoms with Gasteiger partial charge in [0, 0.05) is 51.2 Å². The van der Waals surface area contributed by atoms with Crippen LogP contribution in [0.5, 0.6) is 5.75 Å². The van der Waals surface area contributed by atoms with E-state index in [2.05, 4.69) is 14.9 Å². The second kappa shape index (κ2) is 11.3. The molecule has 0 unspecified atom stereocenters. The molecule has 0 aliphatic carbocycles. The molecule has 0 saturated carbocycles. The molecule has 0 radical (unpaired) electrons. The first kappa shape index (κ1) is 24.6. The summed E-state index contributed by atoms with van der Waals surface area (Å²) >= 11 is 0. The first-order valence-corrected chi connectivity index (χ1v) is 11.7. The minimum absolute atomic E-state index is 0.0122. The summed E-state index contributed by atoms with van der Waals surface area (Å²) in [4.78, 5) is 25.7. The van der Waals surface area contributed by atoms with Crippen LogP contribution in [-0.4, -0.2) is 77.6 Å². The molecule has 9 nitrogen and oxygen atoms in total. The Balaban J connectivity index is 1.43. The molecule has 186 valence electrons. The van der Waals surface area contributed by atoms with Crippen molar-refractivity contribution in [2.24, 2.45) is 0 Å². The van der Waals surface area contributed by atoms with Crippen LogP contribution in [0.15, 0.2) is 36.7 Å². The van der Waals surface area contributed by atoms with Crippen molar-refractivity contribution in [3.8, 4) is 17.0 Å². The highest BCUT2D eigenvalue weighted by molar-refractivity contribution is 5.76. The SMILES string of the molecule is COCCCc1cc(-c2ccc(F)c(C)c2)nn1CC(=O)N1CCN(c2ncc(OC)cn2)CC1. The van der Waals surface area contributed by atoms with Gasteiger partial charge in [-0.1, -0.05) is 0 Å². The molecule has 1 aliphatic heterocycles. The second-order valence-corrected chi connectivity index (χ2v) is 8.53. The van der Waals surface area contributed by atoms with Gasteiger partial charge in [0.1, 0.15) is 12.4 Å². The van der Waals surface area contributed by atoms with Crippen molar-refractivity contribution in [1.82, 2.24) is 24.6 Å². The number of anilines is 1. The van der Waals surface area contributed by atoms with Gasteiger partial charge in [0.15, 0.2) is 5.75 Å². The molecule has 1 aromatic carbocycles. The normalized spacial score (nSPS) is 13.8. The molecule has 2 aromatic heterocycles. The number of nitrogens with zero attached hydrogens (tertiary/aromatic N) is 6. The summed E-state index contributed by atoms with van der Waals surface area (Å²) in [6.45, 7) is 4.98. The van der Waals surface area contributed by atoms with Crippen LogP contribution in [0.4, 0.5) is 10.3 Å². The van der Waals surface area contributed by atoms with Crippen LogP contribution in [0.1, 0.15) is 17.7 Å². The number of carbonyl (C=O) groups excluding carboxylic acids is 1. The fraction of sp³-hybridized carbons (Fsp3) is 0.440. The summed E-state index contributed by atoms with van der Waals surface area (Å²) in [5, 5.41) is 4.71. The number of halogens is 1. The molecule has 3 aromatic rings. The molecule has 4 rings (SSSR count). The summed E-state index contributed by atoms with van der Waals surface area (Å²) < 4.78 is 25.8. The summed E-state index contributed by atoms with van der Waals surface area (Å²) in [6.07, 6.45) is 4.83. The number of carbonyl (C=O) groups is 1. The molecule has 0 spiro atoms. The zero-order valence-electron chi connectivity index (χ0n) is 20.4. The van der Waals surface area contributed by atoms with Crippen molar-refractivity contribution in [1.29, 1.82) is 0 Å². The van der Waals surface area contributed by atoms with E-state index in [0.29, 0.717) is 50.0 Å². The molecule has 1 fully saturated rings. The number of aromatic nitrogens is 4. The summed E-state index contributed by atoms with van der Waals surface area (Å²) in [5.74, 6) is 1.00. The van der Waals surface area contributed by atoms with Crippen LogP contribution in [0, 0.1) is 12.7 Å². The minimum Gasteiger partial charge on any atom is -0.494 e. The first-order valence-electron chi connectivity index (χ1n) is 11.7. The summed E-state index contributed by atoms with van der Waals surface area (Å²) in [6, 6.07) is 6.93. The molecule has 10 heteroatoms. The molecular formula is C25H31FN6O3. The maximum Gasteiger partial charge on any atom is 0.244 e. The lowest BCUT2D eigenvalue weighted by atomic mass is 10.1. The Morgan fingerprint density at radius 1 is 1.09 bits per heavy atom.